The van der Waals surface area contributed by atoms with E-state index in [9.17, 15) is 19.7 Å². The first-order valence-electron chi connectivity index (χ1n) is 8.09. The summed E-state index contributed by atoms with van der Waals surface area (Å²) in [5.41, 5.74) is -0.220. The number of rotatable bonds is 7. The molecule has 1 aromatic heterocycles. The second kappa shape index (κ2) is 8.40. The van der Waals surface area contributed by atoms with Crippen LogP contribution in [0.2, 0.25) is 5.02 Å². The number of anilines is 1. The summed E-state index contributed by atoms with van der Waals surface area (Å²) in [5.74, 6) is -1.23. The van der Waals surface area contributed by atoms with Crippen molar-refractivity contribution in [1.29, 1.82) is 0 Å². The van der Waals surface area contributed by atoms with Gasteiger partial charge in [-0.05, 0) is 30.3 Å². The molecule has 0 aliphatic carbocycles. The van der Waals surface area contributed by atoms with E-state index in [1.807, 2.05) is 0 Å². The summed E-state index contributed by atoms with van der Waals surface area (Å²) >= 11 is 5.82. The third-order valence-electron chi connectivity index (χ3n) is 3.58. The molecule has 148 valence electrons. The van der Waals surface area contributed by atoms with Gasteiger partial charge >= 0.3 is 5.97 Å². The van der Waals surface area contributed by atoms with Crippen LogP contribution in [0.25, 0.3) is 0 Å². The summed E-state index contributed by atoms with van der Waals surface area (Å²) in [6, 6.07) is 11.5. The lowest BCUT2D eigenvalue weighted by atomic mass is 10.2. The van der Waals surface area contributed by atoms with Crippen LogP contribution in [0.1, 0.15) is 10.5 Å². The van der Waals surface area contributed by atoms with Crippen molar-refractivity contribution >= 4 is 34.9 Å². The Labute approximate surface area is 168 Å². The first kappa shape index (κ1) is 19.8. The van der Waals surface area contributed by atoms with Crippen molar-refractivity contribution in [1.82, 2.24) is 9.78 Å². The van der Waals surface area contributed by atoms with Crippen molar-refractivity contribution in [2.75, 3.05) is 5.32 Å². The van der Waals surface area contributed by atoms with Gasteiger partial charge in [-0.3, -0.25) is 24.4 Å². The molecule has 3 aromatic rings. The van der Waals surface area contributed by atoms with Crippen LogP contribution in [-0.4, -0.2) is 31.7 Å². The molecular formula is C18H13ClN4O6. The van der Waals surface area contributed by atoms with Gasteiger partial charge in [0.25, 0.3) is 11.6 Å². The fourth-order valence-electron chi connectivity index (χ4n) is 2.36. The van der Waals surface area contributed by atoms with Crippen LogP contribution in [0.15, 0.2) is 54.7 Å². The molecule has 0 spiro atoms. The first-order chi connectivity index (χ1) is 13.8. The molecule has 1 amide bonds. The van der Waals surface area contributed by atoms with Gasteiger partial charge in [-0.25, -0.2) is 0 Å². The highest BCUT2D eigenvalue weighted by Crippen LogP contribution is 2.30. The number of carboxylic acids is 1. The lowest BCUT2D eigenvalue weighted by Crippen LogP contribution is -2.15. The Morgan fingerprint density at radius 2 is 1.90 bits per heavy atom. The summed E-state index contributed by atoms with van der Waals surface area (Å²) in [6.45, 7) is -0.400. The monoisotopic (exact) mass is 416 g/mol. The second-order valence-electron chi connectivity index (χ2n) is 5.78. The van der Waals surface area contributed by atoms with Crippen LogP contribution < -0.4 is 10.1 Å². The summed E-state index contributed by atoms with van der Waals surface area (Å²) in [7, 11) is 0. The van der Waals surface area contributed by atoms with E-state index in [0.717, 1.165) is 4.68 Å². The van der Waals surface area contributed by atoms with Crippen LogP contribution in [0.5, 0.6) is 11.5 Å². The summed E-state index contributed by atoms with van der Waals surface area (Å²) in [6.07, 6.45) is 1.34. The standard InChI is InChI=1S/C18H13ClN4O6/c19-11-1-3-14(4-2-11)29-15-8-12(7-13(9-15)23(27)28)20-18(26)16-5-6-22(21-16)10-17(24)25/h1-9H,10H2,(H,20,26)(H,24,25). The lowest BCUT2D eigenvalue weighted by molar-refractivity contribution is -0.384. The molecule has 0 aliphatic rings. The first-order valence-corrected chi connectivity index (χ1v) is 8.47. The number of carbonyl (C=O) groups is 2. The van der Waals surface area contributed by atoms with Gasteiger partial charge in [-0.1, -0.05) is 11.6 Å². The molecule has 10 nitrogen and oxygen atoms in total. The third kappa shape index (κ3) is 5.30. The van der Waals surface area contributed by atoms with Gasteiger partial charge in [0.15, 0.2) is 5.69 Å². The minimum absolute atomic E-state index is 0.0436. The quantitative estimate of drug-likeness (QED) is 0.443. The van der Waals surface area contributed by atoms with Gasteiger partial charge in [-0.2, -0.15) is 5.10 Å². The maximum atomic E-state index is 12.3. The molecule has 0 bridgehead atoms. The predicted molar refractivity (Wildman–Crippen MR) is 102 cm³/mol. The Balaban J connectivity index is 1.82. The number of aliphatic carboxylic acids is 1. The van der Waals surface area contributed by atoms with E-state index in [4.69, 9.17) is 21.4 Å². The number of nitro benzene ring substituents is 1. The van der Waals surface area contributed by atoms with Gasteiger partial charge in [0.05, 0.1) is 16.7 Å². The van der Waals surface area contributed by atoms with Crippen molar-refractivity contribution in [3.8, 4) is 11.5 Å². The molecule has 0 unspecified atom stereocenters. The van der Waals surface area contributed by atoms with Crippen LogP contribution >= 0.6 is 11.6 Å². The Bertz CT molecular complexity index is 1080. The fourth-order valence-corrected chi connectivity index (χ4v) is 2.49. The van der Waals surface area contributed by atoms with E-state index in [1.54, 1.807) is 24.3 Å². The van der Waals surface area contributed by atoms with E-state index in [-0.39, 0.29) is 22.8 Å². The molecule has 2 N–H and O–H groups in total. The summed E-state index contributed by atoms with van der Waals surface area (Å²) in [4.78, 5) is 33.6. The molecule has 11 heteroatoms. The number of ether oxygens (including phenoxy) is 1. The zero-order valence-corrected chi connectivity index (χ0v) is 15.4. The number of carboxylic acid groups (broad SMARTS) is 1. The number of hydrogen-bond acceptors (Lipinski definition) is 6. The van der Waals surface area contributed by atoms with Gasteiger partial charge < -0.3 is 15.2 Å². The van der Waals surface area contributed by atoms with E-state index in [1.165, 1.54) is 30.5 Å². The number of carbonyl (C=O) groups excluding carboxylic acids is 1. The molecular weight excluding hydrogens is 404 g/mol. The Morgan fingerprint density at radius 1 is 1.17 bits per heavy atom. The van der Waals surface area contributed by atoms with E-state index >= 15 is 0 Å². The highest BCUT2D eigenvalue weighted by Gasteiger charge is 2.16. The third-order valence-corrected chi connectivity index (χ3v) is 3.83. The zero-order valence-electron chi connectivity index (χ0n) is 14.6. The molecule has 0 fully saturated rings. The lowest BCUT2D eigenvalue weighted by Gasteiger charge is -2.09. The molecule has 29 heavy (non-hydrogen) atoms. The van der Waals surface area contributed by atoms with Crippen LogP contribution in [0, 0.1) is 10.1 Å². The van der Waals surface area contributed by atoms with Crippen molar-refractivity contribution in [2.24, 2.45) is 0 Å². The second-order valence-corrected chi connectivity index (χ2v) is 6.21. The van der Waals surface area contributed by atoms with Crippen LogP contribution in [0.4, 0.5) is 11.4 Å². The van der Waals surface area contributed by atoms with E-state index in [2.05, 4.69) is 10.4 Å². The minimum atomic E-state index is -1.11. The number of non-ortho nitro benzene ring substituents is 1. The Kier molecular flexibility index (Phi) is 5.74. The molecule has 2 aromatic carbocycles. The topological polar surface area (TPSA) is 137 Å². The normalized spacial score (nSPS) is 10.4. The van der Waals surface area contributed by atoms with Gasteiger partial charge in [0.2, 0.25) is 0 Å². The number of hydrogen-bond donors (Lipinski definition) is 2. The highest BCUT2D eigenvalue weighted by molar-refractivity contribution is 6.30. The smallest absolute Gasteiger partial charge is 0.325 e. The molecule has 0 aliphatic heterocycles. The molecule has 3 rings (SSSR count). The molecule has 0 atom stereocenters. The predicted octanol–water partition coefficient (Wildman–Crippen LogP) is 3.57. The van der Waals surface area contributed by atoms with Crippen molar-refractivity contribution in [3.05, 3.63) is 75.6 Å². The van der Waals surface area contributed by atoms with Crippen LogP contribution in [-0.2, 0) is 11.3 Å². The molecule has 0 saturated heterocycles. The van der Waals surface area contributed by atoms with Crippen molar-refractivity contribution in [2.45, 2.75) is 6.54 Å². The molecule has 0 saturated carbocycles. The maximum absolute atomic E-state index is 12.3. The largest absolute Gasteiger partial charge is 0.480 e. The maximum Gasteiger partial charge on any atom is 0.325 e. The van der Waals surface area contributed by atoms with Crippen molar-refractivity contribution in [3.63, 3.8) is 0 Å². The number of nitro groups is 1. The summed E-state index contributed by atoms with van der Waals surface area (Å²) < 4.78 is 6.68. The average molecular weight is 417 g/mol. The number of aromatic nitrogens is 2. The fraction of sp³-hybridized carbons (Fsp3) is 0.0556. The number of nitrogens with zero attached hydrogens (tertiary/aromatic N) is 3. The molecule has 0 radical (unpaired) electrons. The highest BCUT2D eigenvalue weighted by atomic mass is 35.5. The number of halogens is 1. The number of benzene rings is 2. The van der Waals surface area contributed by atoms with Gasteiger partial charge in [-0.15, -0.1) is 0 Å². The summed E-state index contributed by atoms with van der Waals surface area (Å²) in [5, 5.41) is 26.8. The van der Waals surface area contributed by atoms with Gasteiger partial charge in [0.1, 0.15) is 18.0 Å². The number of amides is 1. The van der Waals surface area contributed by atoms with E-state index in [0.29, 0.717) is 10.8 Å². The minimum Gasteiger partial charge on any atom is -0.480 e. The SMILES string of the molecule is O=C(O)Cn1ccc(C(=O)Nc2cc(Oc3ccc(Cl)cc3)cc([N+](=O)[O-])c2)n1. The average Bonchev–Trinajstić information content (AvgIpc) is 3.11. The van der Waals surface area contributed by atoms with Gasteiger partial charge in [0, 0.05) is 23.4 Å². The zero-order chi connectivity index (χ0) is 21.0. The Morgan fingerprint density at radius 3 is 2.55 bits per heavy atom. The number of nitrogens with one attached hydrogen (secondary N) is 1. The Hall–Kier alpha value is -3.92. The molecule has 1 heterocycles. The van der Waals surface area contributed by atoms with Crippen LogP contribution in [0.3, 0.4) is 0 Å². The van der Waals surface area contributed by atoms with Crippen molar-refractivity contribution < 1.29 is 24.4 Å². The van der Waals surface area contributed by atoms with E-state index < -0.39 is 23.3 Å².